The lowest BCUT2D eigenvalue weighted by Crippen LogP contribution is -2.57. The van der Waals surface area contributed by atoms with Crippen molar-refractivity contribution in [2.24, 2.45) is 5.92 Å². The molecule has 2 aliphatic rings. The summed E-state index contributed by atoms with van der Waals surface area (Å²) in [6, 6.07) is 9.11. The van der Waals surface area contributed by atoms with Gasteiger partial charge in [0.1, 0.15) is 0 Å². The fraction of sp³-hybridized carbons (Fsp3) is 0.500. The van der Waals surface area contributed by atoms with Gasteiger partial charge in [-0.25, -0.2) is 0 Å². The lowest BCUT2D eigenvalue weighted by Gasteiger charge is -2.41. The maximum absolute atomic E-state index is 12.7. The van der Waals surface area contributed by atoms with Gasteiger partial charge in [-0.2, -0.15) is 0 Å². The van der Waals surface area contributed by atoms with Crippen LogP contribution in [0.1, 0.15) is 17.3 Å². The van der Waals surface area contributed by atoms with Crippen LogP contribution in [-0.4, -0.2) is 82.9 Å². The van der Waals surface area contributed by atoms with Gasteiger partial charge in [0.05, 0.1) is 5.92 Å². The number of piperazine rings is 1. The van der Waals surface area contributed by atoms with Crippen LogP contribution in [0.15, 0.2) is 30.3 Å². The van der Waals surface area contributed by atoms with Crippen LogP contribution in [0.4, 0.5) is 0 Å². The molecular formula is C18H23N3O4. The van der Waals surface area contributed by atoms with Crippen molar-refractivity contribution in [1.82, 2.24) is 14.7 Å². The number of carbonyl (C=O) groups excluding carboxylic acids is 2. The molecule has 0 radical (unpaired) electrons. The van der Waals surface area contributed by atoms with E-state index in [4.69, 9.17) is 0 Å². The van der Waals surface area contributed by atoms with Crippen molar-refractivity contribution in [1.29, 1.82) is 0 Å². The van der Waals surface area contributed by atoms with Crippen molar-refractivity contribution < 1.29 is 19.5 Å². The Morgan fingerprint density at radius 3 is 2.28 bits per heavy atom. The lowest BCUT2D eigenvalue weighted by atomic mass is 10.1. The molecule has 0 bridgehead atoms. The molecule has 0 saturated carbocycles. The van der Waals surface area contributed by atoms with Gasteiger partial charge < -0.3 is 14.9 Å². The third-order valence-corrected chi connectivity index (χ3v) is 5.03. The summed E-state index contributed by atoms with van der Waals surface area (Å²) in [7, 11) is 0. The Morgan fingerprint density at radius 1 is 0.960 bits per heavy atom. The van der Waals surface area contributed by atoms with E-state index in [-0.39, 0.29) is 24.4 Å². The van der Waals surface area contributed by atoms with E-state index in [1.807, 2.05) is 18.2 Å². The minimum Gasteiger partial charge on any atom is -0.481 e. The Hall–Kier alpha value is -2.41. The number of carboxylic acid groups (broad SMARTS) is 1. The molecule has 0 spiro atoms. The van der Waals surface area contributed by atoms with Crippen LogP contribution in [0.2, 0.25) is 0 Å². The largest absolute Gasteiger partial charge is 0.481 e. The molecule has 3 rings (SSSR count). The second kappa shape index (κ2) is 7.23. The summed E-state index contributed by atoms with van der Waals surface area (Å²) >= 11 is 0. The number of benzene rings is 1. The molecule has 7 heteroatoms. The minimum absolute atomic E-state index is 0.0198. The van der Waals surface area contributed by atoms with Gasteiger partial charge >= 0.3 is 5.97 Å². The Morgan fingerprint density at radius 2 is 1.64 bits per heavy atom. The average molecular weight is 345 g/mol. The summed E-state index contributed by atoms with van der Waals surface area (Å²) in [4.78, 5) is 41.5. The highest BCUT2D eigenvalue weighted by molar-refractivity contribution is 5.94. The van der Waals surface area contributed by atoms with Gasteiger partial charge in [-0.3, -0.25) is 19.3 Å². The highest BCUT2D eigenvalue weighted by Gasteiger charge is 2.38. The Bertz CT molecular complexity index is 664. The fourth-order valence-electron chi connectivity index (χ4n) is 3.60. The molecule has 2 atom stereocenters. The SMILES string of the molecule is CC(=O)N1C[C@@H](C(=O)O)CN2CCN(C(=O)c3ccccc3)C[C@@H]2C1. The maximum atomic E-state index is 12.7. The van der Waals surface area contributed by atoms with Gasteiger partial charge in [0, 0.05) is 57.8 Å². The van der Waals surface area contributed by atoms with E-state index >= 15 is 0 Å². The third-order valence-electron chi connectivity index (χ3n) is 5.03. The van der Waals surface area contributed by atoms with Gasteiger partial charge in [-0.05, 0) is 12.1 Å². The molecule has 0 unspecified atom stereocenters. The average Bonchev–Trinajstić information content (AvgIpc) is 2.81. The lowest BCUT2D eigenvalue weighted by molar-refractivity contribution is -0.143. The van der Waals surface area contributed by atoms with E-state index in [0.29, 0.717) is 38.3 Å². The second-order valence-electron chi connectivity index (χ2n) is 6.73. The zero-order valence-electron chi connectivity index (χ0n) is 14.3. The fourth-order valence-corrected chi connectivity index (χ4v) is 3.60. The highest BCUT2D eigenvalue weighted by Crippen LogP contribution is 2.20. The molecule has 0 aliphatic carbocycles. The Kier molecular flexibility index (Phi) is 5.03. The van der Waals surface area contributed by atoms with Crippen LogP contribution < -0.4 is 0 Å². The normalized spacial score (nSPS) is 24.4. The first-order valence-electron chi connectivity index (χ1n) is 8.52. The van der Waals surface area contributed by atoms with E-state index in [9.17, 15) is 19.5 Å². The molecular weight excluding hydrogens is 322 g/mol. The van der Waals surface area contributed by atoms with Gasteiger partial charge in [0.25, 0.3) is 5.91 Å². The third kappa shape index (κ3) is 3.82. The smallest absolute Gasteiger partial charge is 0.309 e. The summed E-state index contributed by atoms with van der Waals surface area (Å²) < 4.78 is 0. The van der Waals surface area contributed by atoms with Crippen LogP contribution >= 0.6 is 0 Å². The Balaban J connectivity index is 1.75. The summed E-state index contributed by atoms with van der Waals surface area (Å²) in [5, 5.41) is 9.41. The van der Waals surface area contributed by atoms with Crippen LogP contribution in [0.5, 0.6) is 0 Å². The zero-order valence-corrected chi connectivity index (χ0v) is 14.3. The quantitative estimate of drug-likeness (QED) is 0.838. The van der Waals surface area contributed by atoms with Crippen molar-refractivity contribution in [3.63, 3.8) is 0 Å². The number of rotatable bonds is 2. The molecule has 2 amide bonds. The minimum atomic E-state index is -0.880. The van der Waals surface area contributed by atoms with E-state index in [1.165, 1.54) is 6.92 Å². The van der Waals surface area contributed by atoms with Crippen LogP contribution in [0.25, 0.3) is 0 Å². The number of carbonyl (C=O) groups is 3. The number of carboxylic acids is 1. The molecule has 7 nitrogen and oxygen atoms in total. The van der Waals surface area contributed by atoms with E-state index in [1.54, 1.807) is 21.9 Å². The number of amides is 2. The maximum Gasteiger partial charge on any atom is 0.309 e. The molecule has 2 saturated heterocycles. The van der Waals surface area contributed by atoms with E-state index in [0.717, 1.165) is 0 Å². The second-order valence-corrected chi connectivity index (χ2v) is 6.73. The van der Waals surface area contributed by atoms with Crippen molar-refractivity contribution in [3.05, 3.63) is 35.9 Å². The van der Waals surface area contributed by atoms with Crippen molar-refractivity contribution in [2.75, 3.05) is 39.3 Å². The monoisotopic (exact) mass is 345 g/mol. The number of hydrogen-bond acceptors (Lipinski definition) is 4. The first-order valence-corrected chi connectivity index (χ1v) is 8.52. The molecule has 1 N–H and O–H groups in total. The summed E-state index contributed by atoms with van der Waals surface area (Å²) in [6.07, 6.45) is 0. The van der Waals surface area contributed by atoms with Gasteiger partial charge in [0.2, 0.25) is 5.91 Å². The van der Waals surface area contributed by atoms with Crippen molar-refractivity contribution in [2.45, 2.75) is 13.0 Å². The number of aliphatic carboxylic acids is 1. The molecule has 1 aromatic rings. The van der Waals surface area contributed by atoms with Gasteiger partial charge in [-0.1, -0.05) is 18.2 Å². The summed E-state index contributed by atoms with van der Waals surface area (Å²) in [5.41, 5.74) is 0.649. The van der Waals surface area contributed by atoms with E-state index in [2.05, 4.69) is 4.90 Å². The molecule has 2 fully saturated rings. The standard InChI is InChI=1S/C18H23N3O4/c1-13(22)21-10-15(18(24)25)9-19-7-8-20(11-16(19)12-21)17(23)14-5-3-2-4-6-14/h2-6,15-16H,7-12H2,1H3,(H,24,25)/t15-,16+/m0/s1. The Labute approximate surface area is 146 Å². The molecule has 1 aromatic carbocycles. The summed E-state index contributed by atoms with van der Waals surface area (Å²) in [6.45, 7) is 4.25. The summed E-state index contributed by atoms with van der Waals surface area (Å²) in [5.74, 6) is -1.62. The highest BCUT2D eigenvalue weighted by atomic mass is 16.4. The first-order chi connectivity index (χ1) is 12.0. The van der Waals surface area contributed by atoms with Gasteiger partial charge in [0.15, 0.2) is 0 Å². The molecule has 0 aromatic heterocycles. The zero-order chi connectivity index (χ0) is 18.0. The first kappa shape index (κ1) is 17.4. The topological polar surface area (TPSA) is 81.2 Å². The molecule has 134 valence electrons. The van der Waals surface area contributed by atoms with Crippen LogP contribution in [0.3, 0.4) is 0 Å². The molecule has 25 heavy (non-hydrogen) atoms. The molecule has 2 heterocycles. The number of hydrogen-bond donors (Lipinski definition) is 1. The predicted molar refractivity (Wildman–Crippen MR) is 91.1 cm³/mol. The van der Waals surface area contributed by atoms with Crippen LogP contribution in [0, 0.1) is 5.92 Å². The van der Waals surface area contributed by atoms with Crippen molar-refractivity contribution >= 4 is 17.8 Å². The predicted octanol–water partition coefficient (Wildman–Crippen LogP) is 0.376. The van der Waals surface area contributed by atoms with E-state index < -0.39 is 11.9 Å². The number of nitrogens with zero attached hydrogens (tertiary/aromatic N) is 3. The van der Waals surface area contributed by atoms with Crippen molar-refractivity contribution in [3.8, 4) is 0 Å². The van der Waals surface area contributed by atoms with Gasteiger partial charge in [-0.15, -0.1) is 0 Å². The molecule has 2 aliphatic heterocycles. The van der Waals surface area contributed by atoms with Crippen LogP contribution in [-0.2, 0) is 9.59 Å². The number of fused-ring (bicyclic) bond motifs is 1.